The van der Waals surface area contributed by atoms with E-state index >= 15 is 0 Å². The van der Waals surface area contributed by atoms with E-state index in [1.165, 1.54) is 0 Å². The summed E-state index contributed by atoms with van der Waals surface area (Å²) in [6.07, 6.45) is 5.69. The van der Waals surface area contributed by atoms with Crippen LogP contribution in [0.2, 0.25) is 0 Å². The Kier molecular flexibility index (Phi) is 4.54. The summed E-state index contributed by atoms with van der Waals surface area (Å²) in [7, 11) is 0. The summed E-state index contributed by atoms with van der Waals surface area (Å²) in [4.78, 5) is 22.7. The van der Waals surface area contributed by atoms with Crippen LogP contribution in [-0.4, -0.2) is 64.4 Å². The summed E-state index contributed by atoms with van der Waals surface area (Å²) in [5, 5.41) is 9.08. The van der Waals surface area contributed by atoms with Crippen LogP contribution in [-0.2, 0) is 11.3 Å². The number of amides is 1. The Labute approximate surface area is 130 Å². The first-order valence-electron chi connectivity index (χ1n) is 7.85. The van der Waals surface area contributed by atoms with Crippen molar-refractivity contribution in [1.82, 2.24) is 19.7 Å². The minimum Gasteiger partial charge on any atom is -0.338 e. The van der Waals surface area contributed by atoms with E-state index in [1.807, 2.05) is 29.3 Å². The Morgan fingerprint density at radius 1 is 1.27 bits per heavy atom. The molecule has 1 atom stereocenters. The molecule has 2 saturated heterocycles. The highest BCUT2D eigenvalue weighted by molar-refractivity contribution is 5.82. The maximum absolute atomic E-state index is 12.5. The predicted molar refractivity (Wildman–Crippen MR) is 81.4 cm³/mol. The molecule has 2 aliphatic rings. The van der Waals surface area contributed by atoms with Crippen molar-refractivity contribution in [1.29, 1.82) is 5.26 Å². The molecule has 0 radical (unpaired) electrons. The van der Waals surface area contributed by atoms with Crippen LogP contribution in [0.25, 0.3) is 0 Å². The molecule has 0 spiro atoms. The van der Waals surface area contributed by atoms with Crippen LogP contribution in [0.5, 0.6) is 0 Å². The fourth-order valence-electron chi connectivity index (χ4n) is 3.20. The number of carbonyl (C=O) groups is 1. The standard InChI is InChI=1S/C16H21N5O/c17-13-21-7-3-5-15(21)16(22)20-10-8-19(9-11-20)12-14-4-1-2-6-18-14/h1-2,4,6,15H,3,5,7-12H2. The molecule has 1 aromatic heterocycles. The minimum atomic E-state index is -0.229. The molecule has 22 heavy (non-hydrogen) atoms. The fraction of sp³-hybridized carbons (Fsp3) is 0.562. The first-order chi connectivity index (χ1) is 10.8. The number of nitrogens with zero attached hydrogens (tertiary/aromatic N) is 5. The summed E-state index contributed by atoms with van der Waals surface area (Å²) < 4.78 is 0. The third-order valence-electron chi connectivity index (χ3n) is 4.46. The van der Waals surface area contributed by atoms with E-state index in [2.05, 4.69) is 16.1 Å². The number of likely N-dealkylation sites (tertiary alicyclic amines) is 1. The monoisotopic (exact) mass is 299 g/mol. The highest BCUT2D eigenvalue weighted by Gasteiger charge is 2.34. The van der Waals surface area contributed by atoms with Gasteiger partial charge in [0.15, 0.2) is 6.19 Å². The van der Waals surface area contributed by atoms with Crippen molar-refractivity contribution in [2.75, 3.05) is 32.7 Å². The molecule has 1 aromatic rings. The average Bonchev–Trinajstić information content (AvgIpc) is 3.04. The summed E-state index contributed by atoms with van der Waals surface area (Å²) >= 11 is 0. The molecule has 0 aromatic carbocycles. The lowest BCUT2D eigenvalue weighted by Crippen LogP contribution is -2.52. The molecule has 0 N–H and O–H groups in total. The van der Waals surface area contributed by atoms with E-state index in [-0.39, 0.29) is 11.9 Å². The van der Waals surface area contributed by atoms with Crippen LogP contribution in [0, 0.1) is 11.5 Å². The molecule has 3 rings (SSSR count). The van der Waals surface area contributed by atoms with Gasteiger partial charge in [-0.25, -0.2) is 0 Å². The van der Waals surface area contributed by atoms with Gasteiger partial charge in [-0.15, -0.1) is 0 Å². The van der Waals surface area contributed by atoms with Crippen molar-refractivity contribution < 1.29 is 4.79 Å². The quantitative estimate of drug-likeness (QED) is 0.768. The number of rotatable bonds is 3. The van der Waals surface area contributed by atoms with Gasteiger partial charge in [-0.1, -0.05) is 6.07 Å². The van der Waals surface area contributed by atoms with Crippen molar-refractivity contribution in [2.45, 2.75) is 25.4 Å². The number of aromatic nitrogens is 1. The maximum Gasteiger partial charge on any atom is 0.246 e. The molecule has 2 fully saturated rings. The SMILES string of the molecule is N#CN1CCCC1C(=O)N1CCN(Cc2ccccn2)CC1. The van der Waals surface area contributed by atoms with E-state index in [0.717, 1.165) is 51.3 Å². The number of nitriles is 1. The summed E-state index contributed by atoms with van der Waals surface area (Å²) in [5.41, 5.74) is 1.06. The first kappa shape index (κ1) is 14.8. The number of hydrogen-bond acceptors (Lipinski definition) is 5. The van der Waals surface area contributed by atoms with Crippen LogP contribution >= 0.6 is 0 Å². The largest absolute Gasteiger partial charge is 0.338 e. The van der Waals surface area contributed by atoms with Crippen molar-refractivity contribution in [3.63, 3.8) is 0 Å². The molecule has 6 heteroatoms. The van der Waals surface area contributed by atoms with E-state index in [9.17, 15) is 4.79 Å². The van der Waals surface area contributed by atoms with Gasteiger partial charge in [-0.2, -0.15) is 5.26 Å². The lowest BCUT2D eigenvalue weighted by Gasteiger charge is -2.36. The Balaban J connectivity index is 1.51. The molecule has 116 valence electrons. The van der Waals surface area contributed by atoms with Gasteiger partial charge < -0.3 is 4.90 Å². The average molecular weight is 299 g/mol. The summed E-state index contributed by atoms with van der Waals surface area (Å²) in [5.74, 6) is 0.122. The number of piperazine rings is 1. The van der Waals surface area contributed by atoms with Gasteiger partial charge in [0.2, 0.25) is 5.91 Å². The zero-order valence-corrected chi connectivity index (χ0v) is 12.7. The molecular formula is C16H21N5O. The second kappa shape index (κ2) is 6.75. The van der Waals surface area contributed by atoms with Crippen LogP contribution in [0.1, 0.15) is 18.5 Å². The minimum absolute atomic E-state index is 0.122. The Hall–Kier alpha value is -2.13. The van der Waals surface area contributed by atoms with Crippen LogP contribution in [0.4, 0.5) is 0 Å². The molecule has 3 heterocycles. The van der Waals surface area contributed by atoms with E-state index in [4.69, 9.17) is 5.26 Å². The van der Waals surface area contributed by atoms with Crippen LogP contribution < -0.4 is 0 Å². The van der Waals surface area contributed by atoms with Gasteiger partial charge in [0.25, 0.3) is 0 Å². The third-order valence-corrected chi connectivity index (χ3v) is 4.46. The zero-order valence-electron chi connectivity index (χ0n) is 12.7. The topological polar surface area (TPSA) is 63.5 Å². The molecule has 1 unspecified atom stereocenters. The molecule has 2 aliphatic heterocycles. The van der Waals surface area contributed by atoms with Crippen molar-refractivity contribution in [3.8, 4) is 6.19 Å². The Morgan fingerprint density at radius 3 is 2.77 bits per heavy atom. The van der Waals surface area contributed by atoms with Gasteiger partial charge in [0, 0.05) is 45.5 Å². The second-order valence-corrected chi connectivity index (χ2v) is 5.87. The van der Waals surface area contributed by atoms with Gasteiger partial charge in [0.05, 0.1) is 5.69 Å². The zero-order chi connectivity index (χ0) is 15.4. The van der Waals surface area contributed by atoms with Crippen LogP contribution in [0.15, 0.2) is 24.4 Å². The van der Waals surface area contributed by atoms with Crippen molar-refractivity contribution in [2.24, 2.45) is 0 Å². The Bertz CT molecular complexity index is 547. The highest BCUT2D eigenvalue weighted by Crippen LogP contribution is 2.19. The normalized spacial score (nSPS) is 22.6. The van der Waals surface area contributed by atoms with Gasteiger partial charge >= 0.3 is 0 Å². The van der Waals surface area contributed by atoms with Gasteiger partial charge in [-0.05, 0) is 25.0 Å². The third kappa shape index (κ3) is 3.20. The van der Waals surface area contributed by atoms with Crippen molar-refractivity contribution in [3.05, 3.63) is 30.1 Å². The highest BCUT2D eigenvalue weighted by atomic mass is 16.2. The number of hydrogen-bond donors (Lipinski definition) is 0. The second-order valence-electron chi connectivity index (χ2n) is 5.87. The summed E-state index contributed by atoms with van der Waals surface area (Å²) in [6.45, 7) is 4.75. The Morgan fingerprint density at radius 2 is 2.09 bits per heavy atom. The van der Waals surface area contributed by atoms with E-state index in [0.29, 0.717) is 6.54 Å². The lowest BCUT2D eigenvalue weighted by atomic mass is 10.1. The number of pyridine rings is 1. The predicted octanol–water partition coefficient (Wildman–Crippen LogP) is 0.671. The molecule has 0 bridgehead atoms. The van der Waals surface area contributed by atoms with E-state index in [1.54, 1.807) is 4.90 Å². The molecule has 0 aliphatic carbocycles. The maximum atomic E-state index is 12.5. The lowest BCUT2D eigenvalue weighted by molar-refractivity contribution is -0.136. The summed E-state index contributed by atoms with van der Waals surface area (Å²) in [6, 6.07) is 5.72. The first-order valence-corrected chi connectivity index (χ1v) is 7.85. The van der Waals surface area contributed by atoms with Crippen molar-refractivity contribution >= 4 is 5.91 Å². The van der Waals surface area contributed by atoms with Gasteiger partial charge in [-0.3, -0.25) is 19.6 Å². The van der Waals surface area contributed by atoms with Gasteiger partial charge in [0.1, 0.15) is 6.04 Å². The van der Waals surface area contributed by atoms with E-state index < -0.39 is 0 Å². The van der Waals surface area contributed by atoms with Crippen LogP contribution in [0.3, 0.4) is 0 Å². The molecule has 0 saturated carbocycles. The fourth-order valence-corrected chi connectivity index (χ4v) is 3.20. The molecule has 1 amide bonds. The number of carbonyl (C=O) groups excluding carboxylic acids is 1. The smallest absolute Gasteiger partial charge is 0.246 e. The molecule has 6 nitrogen and oxygen atoms in total. The molecular weight excluding hydrogens is 278 g/mol.